The maximum atomic E-state index is 13.8. The molecule has 0 amide bonds. The minimum absolute atomic E-state index is 0.214. The second-order valence-corrected chi connectivity index (χ2v) is 5.75. The van der Waals surface area contributed by atoms with E-state index in [-0.39, 0.29) is 10.7 Å². The summed E-state index contributed by atoms with van der Waals surface area (Å²) in [6, 6.07) is 6.74. The first-order valence-corrected chi connectivity index (χ1v) is 7.40. The van der Waals surface area contributed by atoms with Gasteiger partial charge in [0.25, 0.3) is 0 Å². The fraction of sp³-hybridized carbons (Fsp3) is 0.286. The summed E-state index contributed by atoms with van der Waals surface area (Å²) in [7, 11) is 0. The summed E-state index contributed by atoms with van der Waals surface area (Å²) in [5, 5.41) is 9.63. The van der Waals surface area contributed by atoms with E-state index < -0.39 is 5.97 Å². The van der Waals surface area contributed by atoms with Gasteiger partial charge in [0.2, 0.25) is 0 Å². The molecule has 0 atom stereocenters. The largest absolute Gasteiger partial charge is 0.477 e. The van der Waals surface area contributed by atoms with Gasteiger partial charge in [-0.15, -0.1) is 0 Å². The molecule has 1 saturated heterocycles. The molecule has 0 spiro atoms. The zero-order valence-electron chi connectivity index (χ0n) is 11.2. The molecule has 0 bridgehead atoms. The summed E-state index contributed by atoms with van der Waals surface area (Å²) in [6.07, 6.45) is 1.38. The van der Waals surface area contributed by atoms with E-state index in [0.717, 1.165) is 0 Å². The van der Waals surface area contributed by atoms with Gasteiger partial charge in [0.15, 0.2) is 5.13 Å². The molecule has 2 aromatic rings. The SMILES string of the molecule is O=C(O)c1cnc(N2CCN(c3ccccc3F)CC2)s1. The van der Waals surface area contributed by atoms with Crippen molar-refractivity contribution in [1.29, 1.82) is 0 Å². The average Bonchev–Trinajstić information content (AvgIpc) is 2.98. The lowest BCUT2D eigenvalue weighted by atomic mass is 10.2. The molecular weight excluding hydrogens is 293 g/mol. The number of carboxylic acid groups (broad SMARTS) is 1. The Morgan fingerprint density at radius 3 is 2.48 bits per heavy atom. The van der Waals surface area contributed by atoms with Gasteiger partial charge in [0.05, 0.1) is 11.9 Å². The third-order valence-electron chi connectivity index (χ3n) is 3.45. The number of halogens is 1. The van der Waals surface area contributed by atoms with Crippen LogP contribution in [0.15, 0.2) is 30.5 Å². The van der Waals surface area contributed by atoms with Gasteiger partial charge in [-0.2, -0.15) is 0 Å². The highest BCUT2D eigenvalue weighted by Crippen LogP contribution is 2.26. The van der Waals surface area contributed by atoms with Crippen molar-refractivity contribution in [3.05, 3.63) is 41.2 Å². The first kappa shape index (κ1) is 13.8. The second kappa shape index (κ2) is 5.69. The number of thiazole rings is 1. The maximum absolute atomic E-state index is 13.8. The minimum Gasteiger partial charge on any atom is -0.477 e. The molecule has 0 saturated carbocycles. The van der Waals surface area contributed by atoms with E-state index in [2.05, 4.69) is 4.98 Å². The summed E-state index contributed by atoms with van der Waals surface area (Å²) >= 11 is 1.17. The summed E-state index contributed by atoms with van der Waals surface area (Å²) in [5.74, 6) is -1.17. The Balaban J connectivity index is 1.67. The smallest absolute Gasteiger partial charge is 0.347 e. The van der Waals surface area contributed by atoms with E-state index in [0.29, 0.717) is 37.0 Å². The number of carboxylic acids is 1. The van der Waals surface area contributed by atoms with Crippen molar-refractivity contribution in [2.75, 3.05) is 36.0 Å². The number of hydrogen-bond donors (Lipinski definition) is 1. The number of benzene rings is 1. The summed E-state index contributed by atoms with van der Waals surface area (Å²) in [5.41, 5.74) is 0.613. The van der Waals surface area contributed by atoms with E-state index >= 15 is 0 Å². The molecule has 1 aliphatic rings. The highest BCUT2D eigenvalue weighted by molar-refractivity contribution is 7.17. The monoisotopic (exact) mass is 307 g/mol. The number of aromatic nitrogens is 1. The van der Waals surface area contributed by atoms with Crippen molar-refractivity contribution in [3.63, 3.8) is 0 Å². The second-order valence-electron chi connectivity index (χ2n) is 4.74. The van der Waals surface area contributed by atoms with Crippen molar-refractivity contribution in [2.24, 2.45) is 0 Å². The molecule has 1 fully saturated rings. The predicted octanol–water partition coefficient (Wildman–Crippen LogP) is 2.31. The molecule has 1 aromatic heterocycles. The topological polar surface area (TPSA) is 56.7 Å². The highest BCUT2D eigenvalue weighted by Gasteiger charge is 2.22. The van der Waals surface area contributed by atoms with E-state index in [9.17, 15) is 9.18 Å². The summed E-state index contributed by atoms with van der Waals surface area (Å²) < 4.78 is 13.8. The molecule has 0 aliphatic carbocycles. The number of rotatable bonds is 3. The number of carbonyl (C=O) groups is 1. The molecule has 0 radical (unpaired) electrons. The predicted molar refractivity (Wildman–Crippen MR) is 79.9 cm³/mol. The molecule has 21 heavy (non-hydrogen) atoms. The molecule has 5 nitrogen and oxygen atoms in total. The van der Waals surface area contributed by atoms with Crippen LogP contribution in [-0.4, -0.2) is 42.2 Å². The van der Waals surface area contributed by atoms with Gasteiger partial charge >= 0.3 is 5.97 Å². The van der Waals surface area contributed by atoms with Crippen molar-refractivity contribution in [2.45, 2.75) is 0 Å². The number of aromatic carboxylic acids is 1. The Hall–Kier alpha value is -2.15. The third kappa shape index (κ3) is 2.82. The maximum Gasteiger partial charge on any atom is 0.347 e. The van der Waals surface area contributed by atoms with E-state index in [1.54, 1.807) is 12.1 Å². The van der Waals surface area contributed by atoms with Gasteiger partial charge in [0.1, 0.15) is 10.7 Å². The van der Waals surface area contributed by atoms with Crippen molar-refractivity contribution in [3.8, 4) is 0 Å². The van der Waals surface area contributed by atoms with Crippen LogP contribution in [0.5, 0.6) is 0 Å². The molecule has 1 aliphatic heterocycles. The highest BCUT2D eigenvalue weighted by atomic mass is 32.1. The lowest BCUT2D eigenvalue weighted by Crippen LogP contribution is -2.46. The normalized spacial score (nSPS) is 15.3. The van der Waals surface area contributed by atoms with E-state index in [1.807, 2.05) is 15.9 Å². The number of nitrogens with zero attached hydrogens (tertiary/aromatic N) is 3. The van der Waals surface area contributed by atoms with Crippen LogP contribution in [0, 0.1) is 5.82 Å². The summed E-state index contributed by atoms with van der Waals surface area (Å²) in [6.45, 7) is 2.76. The van der Waals surface area contributed by atoms with Gasteiger partial charge in [-0.1, -0.05) is 23.5 Å². The van der Waals surface area contributed by atoms with E-state index in [1.165, 1.54) is 23.6 Å². The Morgan fingerprint density at radius 2 is 1.86 bits per heavy atom. The van der Waals surface area contributed by atoms with Crippen molar-refractivity contribution >= 4 is 28.1 Å². The van der Waals surface area contributed by atoms with Gasteiger partial charge in [-0.25, -0.2) is 14.2 Å². The zero-order valence-corrected chi connectivity index (χ0v) is 12.0. The van der Waals surface area contributed by atoms with Crippen LogP contribution >= 0.6 is 11.3 Å². The van der Waals surface area contributed by atoms with Crippen LogP contribution in [0.3, 0.4) is 0 Å². The zero-order chi connectivity index (χ0) is 14.8. The Bertz CT molecular complexity index is 653. The number of hydrogen-bond acceptors (Lipinski definition) is 5. The molecule has 0 unspecified atom stereocenters. The Morgan fingerprint density at radius 1 is 1.19 bits per heavy atom. The summed E-state index contributed by atoms with van der Waals surface area (Å²) in [4.78, 5) is 19.3. The number of anilines is 2. The van der Waals surface area contributed by atoms with Gasteiger partial charge in [0, 0.05) is 26.2 Å². The standard InChI is InChI=1S/C14H14FN3O2S/c15-10-3-1-2-4-11(10)17-5-7-18(8-6-17)14-16-9-12(21-14)13(19)20/h1-4,9H,5-8H2,(H,19,20). The first-order valence-electron chi connectivity index (χ1n) is 6.58. The van der Waals surface area contributed by atoms with Crippen molar-refractivity contribution in [1.82, 2.24) is 4.98 Å². The molecule has 1 N–H and O–H groups in total. The Labute approximate surface area is 125 Å². The van der Waals surface area contributed by atoms with Crippen molar-refractivity contribution < 1.29 is 14.3 Å². The van der Waals surface area contributed by atoms with Gasteiger partial charge < -0.3 is 14.9 Å². The van der Waals surface area contributed by atoms with Crippen LogP contribution in [0.25, 0.3) is 0 Å². The van der Waals surface area contributed by atoms with Crippen LogP contribution in [0.4, 0.5) is 15.2 Å². The minimum atomic E-state index is -0.955. The molecule has 3 rings (SSSR count). The van der Waals surface area contributed by atoms with E-state index in [4.69, 9.17) is 5.11 Å². The fourth-order valence-electron chi connectivity index (χ4n) is 2.36. The quantitative estimate of drug-likeness (QED) is 0.943. The third-order valence-corrected chi connectivity index (χ3v) is 4.49. The lowest BCUT2D eigenvalue weighted by molar-refractivity contribution is 0.0702. The lowest BCUT2D eigenvalue weighted by Gasteiger charge is -2.36. The van der Waals surface area contributed by atoms with Crippen LogP contribution in [0.1, 0.15) is 9.67 Å². The number of para-hydroxylation sites is 1. The first-order chi connectivity index (χ1) is 10.1. The molecule has 7 heteroatoms. The fourth-order valence-corrected chi connectivity index (χ4v) is 3.16. The molecule has 2 heterocycles. The van der Waals surface area contributed by atoms with Crippen LogP contribution < -0.4 is 9.80 Å². The molecule has 110 valence electrons. The average molecular weight is 307 g/mol. The van der Waals surface area contributed by atoms with Crippen LogP contribution in [-0.2, 0) is 0 Å². The van der Waals surface area contributed by atoms with Gasteiger partial charge in [-0.05, 0) is 12.1 Å². The molecule has 1 aromatic carbocycles. The molecular formula is C14H14FN3O2S. The van der Waals surface area contributed by atoms with Crippen LogP contribution in [0.2, 0.25) is 0 Å². The number of piperazine rings is 1. The Kier molecular flexibility index (Phi) is 3.74. The van der Waals surface area contributed by atoms with Gasteiger partial charge in [-0.3, -0.25) is 0 Å².